The van der Waals surface area contributed by atoms with Crippen molar-refractivity contribution in [2.45, 2.75) is 19.9 Å². The van der Waals surface area contributed by atoms with Gasteiger partial charge in [-0.15, -0.1) is 0 Å². The normalized spacial score (nSPS) is 11.6. The lowest BCUT2D eigenvalue weighted by molar-refractivity contribution is 0.394. The van der Waals surface area contributed by atoms with Gasteiger partial charge >= 0.3 is 0 Å². The molecule has 0 radical (unpaired) electrons. The molecule has 2 aromatic heterocycles. The summed E-state index contributed by atoms with van der Waals surface area (Å²) < 4.78 is 1.83. The van der Waals surface area contributed by atoms with E-state index in [1.807, 2.05) is 24.9 Å². The van der Waals surface area contributed by atoms with Gasteiger partial charge in [0.15, 0.2) is 5.65 Å². The molecule has 2 heterocycles. The second kappa shape index (κ2) is 6.12. The van der Waals surface area contributed by atoms with E-state index in [9.17, 15) is 0 Å². The van der Waals surface area contributed by atoms with Crippen molar-refractivity contribution in [1.82, 2.24) is 25.0 Å². The predicted molar refractivity (Wildman–Crippen MR) is 78.1 cm³/mol. The summed E-state index contributed by atoms with van der Waals surface area (Å²) in [5, 5.41) is 8.99. The van der Waals surface area contributed by atoms with Gasteiger partial charge in [-0.3, -0.25) is 4.68 Å². The molecule has 0 fully saturated rings. The molecule has 0 atom stereocenters. The first-order valence-electron chi connectivity index (χ1n) is 6.71. The van der Waals surface area contributed by atoms with Crippen LogP contribution in [0, 0.1) is 6.92 Å². The highest BCUT2D eigenvalue weighted by molar-refractivity contribution is 5.78. The van der Waals surface area contributed by atoms with E-state index in [0.717, 1.165) is 42.8 Å². The summed E-state index contributed by atoms with van der Waals surface area (Å²) in [7, 11) is 6.13. The number of nitrogens with one attached hydrogen (secondary N) is 1. The van der Waals surface area contributed by atoms with E-state index in [1.165, 1.54) is 5.56 Å². The number of aromatic nitrogens is 3. The first-order valence-corrected chi connectivity index (χ1v) is 6.71. The quantitative estimate of drug-likeness (QED) is 0.797. The fraction of sp³-hybridized carbons (Fsp3) is 0.571. The Labute approximate surface area is 114 Å². The Bertz CT molecular complexity index is 544. The van der Waals surface area contributed by atoms with Gasteiger partial charge in [-0.2, -0.15) is 5.10 Å². The highest BCUT2D eigenvalue weighted by Crippen LogP contribution is 2.16. The molecule has 5 nitrogen and oxygen atoms in total. The molecular weight excluding hydrogens is 238 g/mol. The third-order valence-corrected chi connectivity index (χ3v) is 3.21. The van der Waals surface area contributed by atoms with Crippen LogP contribution in [0.3, 0.4) is 0 Å². The molecule has 0 aromatic carbocycles. The second-order valence-electron chi connectivity index (χ2n) is 5.26. The van der Waals surface area contributed by atoms with Crippen LogP contribution in [0.25, 0.3) is 11.0 Å². The van der Waals surface area contributed by atoms with Crippen molar-refractivity contribution in [3.05, 3.63) is 23.5 Å². The highest BCUT2D eigenvalue weighted by Gasteiger charge is 2.06. The van der Waals surface area contributed by atoms with E-state index in [4.69, 9.17) is 0 Å². The van der Waals surface area contributed by atoms with E-state index in [2.05, 4.69) is 40.5 Å². The van der Waals surface area contributed by atoms with Crippen LogP contribution in [0.5, 0.6) is 0 Å². The largest absolute Gasteiger partial charge is 0.313 e. The highest BCUT2D eigenvalue weighted by atomic mass is 15.3. The second-order valence-corrected chi connectivity index (χ2v) is 5.26. The topological polar surface area (TPSA) is 46.0 Å². The lowest BCUT2D eigenvalue weighted by atomic mass is 10.2. The number of pyridine rings is 1. The van der Waals surface area contributed by atoms with Gasteiger partial charge in [-0.05, 0) is 52.2 Å². The summed E-state index contributed by atoms with van der Waals surface area (Å²) in [6.07, 6.45) is 3.09. The van der Waals surface area contributed by atoms with Crippen molar-refractivity contribution in [1.29, 1.82) is 0 Å². The molecule has 0 bridgehead atoms. The Balaban J connectivity index is 1.92. The van der Waals surface area contributed by atoms with Crippen LogP contribution in [-0.2, 0) is 13.6 Å². The van der Waals surface area contributed by atoms with Crippen LogP contribution in [0.4, 0.5) is 0 Å². The summed E-state index contributed by atoms with van der Waals surface area (Å²) in [4.78, 5) is 6.68. The lowest BCUT2D eigenvalue weighted by Gasteiger charge is -2.09. The molecule has 0 spiro atoms. The number of hydrogen-bond donors (Lipinski definition) is 1. The first kappa shape index (κ1) is 14.0. The van der Waals surface area contributed by atoms with Gasteiger partial charge in [-0.25, -0.2) is 4.98 Å². The Morgan fingerprint density at radius 3 is 2.89 bits per heavy atom. The molecule has 104 valence electrons. The number of rotatable bonds is 6. The molecule has 0 saturated heterocycles. The smallest absolute Gasteiger partial charge is 0.157 e. The SMILES string of the molecule is Cc1nn(C)c2ncc(CNCCCN(C)C)cc12. The molecule has 5 heteroatoms. The molecule has 0 aliphatic rings. The Kier molecular flexibility index (Phi) is 4.50. The lowest BCUT2D eigenvalue weighted by Crippen LogP contribution is -2.21. The zero-order valence-electron chi connectivity index (χ0n) is 12.3. The Morgan fingerprint density at radius 2 is 2.16 bits per heavy atom. The van der Waals surface area contributed by atoms with Crippen LogP contribution in [0.15, 0.2) is 12.3 Å². The zero-order valence-corrected chi connectivity index (χ0v) is 12.3. The van der Waals surface area contributed by atoms with E-state index in [1.54, 1.807) is 0 Å². The van der Waals surface area contributed by atoms with Crippen molar-refractivity contribution < 1.29 is 0 Å². The third-order valence-electron chi connectivity index (χ3n) is 3.21. The summed E-state index contributed by atoms with van der Waals surface area (Å²) >= 11 is 0. The maximum atomic E-state index is 4.48. The number of nitrogens with zero attached hydrogens (tertiary/aromatic N) is 4. The van der Waals surface area contributed by atoms with Gasteiger partial charge in [0.2, 0.25) is 0 Å². The van der Waals surface area contributed by atoms with Gasteiger partial charge < -0.3 is 10.2 Å². The van der Waals surface area contributed by atoms with Crippen LogP contribution >= 0.6 is 0 Å². The summed E-state index contributed by atoms with van der Waals surface area (Å²) in [5.41, 5.74) is 3.21. The monoisotopic (exact) mass is 261 g/mol. The molecule has 0 amide bonds. The van der Waals surface area contributed by atoms with Crippen LogP contribution in [-0.4, -0.2) is 46.8 Å². The molecular formula is C14H23N5. The summed E-state index contributed by atoms with van der Waals surface area (Å²) in [6, 6.07) is 2.18. The van der Waals surface area contributed by atoms with Crippen molar-refractivity contribution in [3.63, 3.8) is 0 Å². The first-order chi connectivity index (χ1) is 9.08. The maximum absolute atomic E-state index is 4.48. The summed E-state index contributed by atoms with van der Waals surface area (Å²) in [5.74, 6) is 0. The minimum absolute atomic E-state index is 0.866. The average molecular weight is 261 g/mol. The standard InChI is InChI=1S/C14H23N5/c1-11-13-8-12(9-15-6-5-7-18(2)3)10-16-14(13)19(4)17-11/h8,10,15H,5-7,9H2,1-4H3. The molecule has 19 heavy (non-hydrogen) atoms. The molecule has 2 rings (SSSR count). The molecule has 0 aliphatic carbocycles. The van der Waals surface area contributed by atoms with Gasteiger partial charge in [-0.1, -0.05) is 0 Å². The van der Waals surface area contributed by atoms with E-state index in [-0.39, 0.29) is 0 Å². The van der Waals surface area contributed by atoms with Crippen LogP contribution in [0.1, 0.15) is 17.7 Å². The fourth-order valence-corrected chi connectivity index (χ4v) is 2.20. The third kappa shape index (κ3) is 3.52. The van der Waals surface area contributed by atoms with Crippen molar-refractivity contribution in [2.24, 2.45) is 7.05 Å². The summed E-state index contributed by atoms with van der Waals surface area (Å²) in [6.45, 7) is 5.04. The maximum Gasteiger partial charge on any atom is 0.157 e. The van der Waals surface area contributed by atoms with E-state index in [0.29, 0.717) is 0 Å². The number of aryl methyl sites for hydroxylation is 2. The van der Waals surface area contributed by atoms with Gasteiger partial charge in [0.05, 0.1) is 5.69 Å². The van der Waals surface area contributed by atoms with E-state index < -0.39 is 0 Å². The zero-order chi connectivity index (χ0) is 13.8. The minimum Gasteiger partial charge on any atom is -0.313 e. The van der Waals surface area contributed by atoms with Crippen molar-refractivity contribution in [3.8, 4) is 0 Å². The molecule has 2 aromatic rings. The van der Waals surface area contributed by atoms with Crippen molar-refractivity contribution in [2.75, 3.05) is 27.2 Å². The average Bonchev–Trinajstić information content (AvgIpc) is 2.64. The molecule has 0 saturated carbocycles. The number of fused-ring (bicyclic) bond motifs is 1. The number of hydrogen-bond acceptors (Lipinski definition) is 4. The van der Waals surface area contributed by atoms with Crippen molar-refractivity contribution >= 4 is 11.0 Å². The Morgan fingerprint density at radius 1 is 1.37 bits per heavy atom. The van der Waals surface area contributed by atoms with Gasteiger partial charge in [0.1, 0.15) is 0 Å². The minimum atomic E-state index is 0.866. The predicted octanol–water partition coefficient (Wildman–Crippen LogP) is 1.32. The molecule has 1 N–H and O–H groups in total. The van der Waals surface area contributed by atoms with E-state index >= 15 is 0 Å². The van der Waals surface area contributed by atoms with Gasteiger partial charge in [0.25, 0.3) is 0 Å². The molecule has 0 unspecified atom stereocenters. The fourth-order valence-electron chi connectivity index (χ4n) is 2.20. The van der Waals surface area contributed by atoms with Crippen LogP contribution in [0.2, 0.25) is 0 Å². The Hall–Kier alpha value is -1.46. The van der Waals surface area contributed by atoms with Crippen LogP contribution < -0.4 is 5.32 Å². The molecule has 0 aliphatic heterocycles. The van der Waals surface area contributed by atoms with Gasteiger partial charge in [0, 0.05) is 25.2 Å².